The first-order valence-corrected chi connectivity index (χ1v) is 12.4. The molecule has 0 aliphatic rings. The molecule has 34 heavy (non-hydrogen) atoms. The number of carbonyl (C=O) groups is 1. The van der Waals surface area contributed by atoms with Crippen LogP contribution in [0.2, 0.25) is 5.02 Å². The number of carbonyl (C=O) groups excluding carboxylic acids is 1. The molecule has 0 heterocycles. The molecule has 0 unspecified atom stereocenters. The van der Waals surface area contributed by atoms with Crippen LogP contribution in [0.1, 0.15) is 21.5 Å². The number of nitrogens with zero attached hydrogens (tertiary/aromatic N) is 1. The highest BCUT2D eigenvalue weighted by Crippen LogP contribution is 2.37. The summed E-state index contributed by atoms with van der Waals surface area (Å²) in [6, 6.07) is 15.5. The maximum Gasteiger partial charge on any atom is 0.253 e. The van der Waals surface area contributed by atoms with E-state index in [1.54, 1.807) is 30.3 Å². The van der Waals surface area contributed by atoms with Gasteiger partial charge in [-0.3, -0.25) is 9.10 Å². The maximum atomic E-state index is 14.4. The van der Waals surface area contributed by atoms with E-state index in [2.05, 4.69) is 5.32 Å². The Kier molecular flexibility index (Phi) is 8.01. The number of nitrogens with one attached hydrogen (secondary N) is 1. The number of rotatable bonds is 9. The van der Waals surface area contributed by atoms with Gasteiger partial charge in [0.15, 0.2) is 11.5 Å². The Labute approximate surface area is 203 Å². The fourth-order valence-electron chi connectivity index (χ4n) is 3.30. The Morgan fingerprint density at radius 3 is 2.24 bits per heavy atom. The van der Waals surface area contributed by atoms with Crippen LogP contribution < -0.4 is 19.1 Å². The Morgan fingerprint density at radius 2 is 1.65 bits per heavy atom. The van der Waals surface area contributed by atoms with Gasteiger partial charge in [0.05, 0.1) is 38.3 Å². The number of sulfonamides is 1. The summed E-state index contributed by atoms with van der Waals surface area (Å²) in [6.07, 6.45) is 0.986. The van der Waals surface area contributed by atoms with Crippen LogP contribution in [-0.2, 0) is 23.1 Å². The van der Waals surface area contributed by atoms with Gasteiger partial charge in [0.2, 0.25) is 10.0 Å². The van der Waals surface area contributed by atoms with Crippen molar-refractivity contribution in [3.8, 4) is 11.5 Å². The van der Waals surface area contributed by atoms with E-state index in [0.717, 1.165) is 16.1 Å². The van der Waals surface area contributed by atoms with E-state index in [0.29, 0.717) is 5.02 Å². The van der Waals surface area contributed by atoms with Crippen LogP contribution in [0.15, 0.2) is 60.7 Å². The quantitative estimate of drug-likeness (QED) is 0.465. The molecule has 0 aliphatic heterocycles. The lowest BCUT2D eigenvalue weighted by atomic mass is 10.1. The van der Waals surface area contributed by atoms with E-state index in [1.807, 2.05) is 0 Å². The molecule has 0 radical (unpaired) electrons. The van der Waals surface area contributed by atoms with E-state index >= 15 is 0 Å². The molecule has 0 atom stereocenters. The van der Waals surface area contributed by atoms with Crippen molar-refractivity contribution in [2.24, 2.45) is 0 Å². The summed E-state index contributed by atoms with van der Waals surface area (Å²) in [7, 11) is -1.13. The fourth-order valence-corrected chi connectivity index (χ4v) is 4.31. The number of amides is 1. The van der Waals surface area contributed by atoms with E-state index in [9.17, 15) is 17.6 Å². The minimum absolute atomic E-state index is 0.0216. The van der Waals surface area contributed by atoms with Crippen molar-refractivity contribution in [2.75, 3.05) is 24.8 Å². The molecular weight excluding hydrogens is 483 g/mol. The summed E-state index contributed by atoms with van der Waals surface area (Å²) in [6.45, 7) is -0.144. The average Bonchev–Trinajstić information content (AvgIpc) is 2.81. The van der Waals surface area contributed by atoms with Gasteiger partial charge in [0.1, 0.15) is 5.82 Å². The smallest absolute Gasteiger partial charge is 0.253 e. The highest BCUT2D eigenvalue weighted by Gasteiger charge is 2.27. The predicted octanol–water partition coefficient (Wildman–Crippen LogP) is 4.39. The molecule has 1 amide bonds. The van der Waals surface area contributed by atoms with Crippen molar-refractivity contribution >= 4 is 33.2 Å². The first kappa shape index (κ1) is 25.3. The number of hydrogen-bond donors (Lipinski definition) is 1. The van der Waals surface area contributed by atoms with E-state index in [-0.39, 0.29) is 41.4 Å². The van der Waals surface area contributed by atoms with E-state index < -0.39 is 21.7 Å². The monoisotopic (exact) mass is 506 g/mol. The zero-order valence-electron chi connectivity index (χ0n) is 18.8. The van der Waals surface area contributed by atoms with E-state index in [4.69, 9.17) is 21.1 Å². The van der Waals surface area contributed by atoms with E-state index in [1.165, 1.54) is 44.6 Å². The van der Waals surface area contributed by atoms with Gasteiger partial charge in [-0.25, -0.2) is 12.8 Å². The minimum Gasteiger partial charge on any atom is -0.493 e. The molecule has 0 aliphatic carbocycles. The molecule has 3 rings (SSSR count). The Hall–Kier alpha value is -3.30. The molecule has 0 bridgehead atoms. The molecule has 10 heteroatoms. The number of benzene rings is 3. The third kappa shape index (κ3) is 5.98. The van der Waals surface area contributed by atoms with Gasteiger partial charge < -0.3 is 14.8 Å². The summed E-state index contributed by atoms with van der Waals surface area (Å²) in [5.41, 5.74) is 0.992. The van der Waals surface area contributed by atoms with Crippen LogP contribution in [0.25, 0.3) is 0 Å². The molecule has 3 aromatic carbocycles. The SMILES string of the molecule is COc1cc(C(=O)NCc2ccc(Cl)cc2)c(N(Cc2ccccc2F)S(C)(=O)=O)cc1OC. The summed E-state index contributed by atoms with van der Waals surface area (Å²) in [4.78, 5) is 13.2. The van der Waals surface area contributed by atoms with Crippen LogP contribution in [-0.4, -0.2) is 34.8 Å². The molecule has 7 nitrogen and oxygen atoms in total. The number of anilines is 1. The first-order valence-electron chi connectivity index (χ1n) is 10.1. The molecule has 180 valence electrons. The fraction of sp³-hybridized carbons (Fsp3) is 0.208. The molecular formula is C24H24ClFN2O5S. The third-order valence-corrected chi connectivity index (χ3v) is 6.43. The lowest BCUT2D eigenvalue weighted by Gasteiger charge is -2.26. The van der Waals surface area contributed by atoms with Gasteiger partial charge >= 0.3 is 0 Å². The molecule has 0 saturated carbocycles. The standard InChI is InChI=1S/C24H24ClFN2O5S/c1-32-22-12-19(24(29)27-14-16-8-10-18(25)11-9-16)21(13-23(22)33-2)28(34(3,30)31)15-17-6-4-5-7-20(17)26/h4-13H,14-15H2,1-3H3,(H,27,29). The minimum atomic E-state index is -3.93. The van der Waals surface area contributed by atoms with Crippen molar-refractivity contribution in [3.63, 3.8) is 0 Å². The first-order chi connectivity index (χ1) is 16.1. The van der Waals surface area contributed by atoms with Crippen LogP contribution in [0.3, 0.4) is 0 Å². The number of ether oxygens (including phenoxy) is 2. The Bertz CT molecular complexity index is 1280. The van der Waals surface area contributed by atoms with Crippen molar-refractivity contribution in [1.29, 1.82) is 0 Å². The molecule has 0 spiro atoms. The zero-order valence-corrected chi connectivity index (χ0v) is 20.4. The summed E-state index contributed by atoms with van der Waals surface area (Å²) in [5, 5.41) is 3.34. The maximum absolute atomic E-state index is 14.4. The van der Waals surface area contributed by atoms with Crippen molar-refractivity contribution < 1.29 is 27.1 Å². The molecule has 3 aromatic rings. The zero-order chi connectivity index (χ0) is 24.9. The Morgan fingerprint density at radius 1 is 1.03 bits per heavy atom. The number of halogens is 2. The second-order valence-corrected chi connectivity index (χ2v) is 9.74. The van der Waals surface area contributed by atoms with Crippen molar-refractivity contribution in [3.05, 3.63) is 88.2 Å². The summed E-state index contributed by atoms with van der Waals surface area (Å²) < 4.78 is 51.5. The average molecular weight is 507 g/mol. The molecule has 0 saturated heterocycles. The van der Waals surface area contributed by atoms with Gasteiger partial charge in [-0.05, 0) is 29.8 Å². The molecule has 0 aromatic heterocycles. The Balaban J connectivity index is 2.06. The highest BCUT2D eigenvalue weighted by molar-refractivity contribution is 7.92. The topological polar surface area (TPSA) is 84.9 Å². The van der Waals surface area contributed by atoms with Crippen molar-refractivity contribution in [1.82, 2.24) is 5.32 Å². The van der Waals surface area contributed by atoms with Gasteiger partial charge in [-0.15, -0.1) is 0 Å². The van der Waals surface area contributed by atoms with Crippen molar-refractivity contribution in [2.45, 2.75) is 13.1 Å². The normalized spacial score (nSPS) is 11.1. The van der Waals surface area contributed by atoms with Gasteiger partial charge in [-0.2, -0.15) is 0 Å². The van der Waals surface area contributed by atoms with Crippen LogP contribution in [0.4, 0.5) is 10.1 Å². The second kappa shape index (κ2) is 10.8. The lowest BCUT2D eigenvalue weighted by molar-refractivity contribution is 0.0951. The lowest BCUT2D eigenvalue weighted by Crippen LogP contribution is -2.33. The predicted molar refractivity (Wildman–Crippen MR) is 130 cm³/mol. The summed E-state index contributed by atoms with van der Waals surface area (Å²) in [5.74, 6) is -0.658. The van der Waals surface area contributed by atoms with Gasteiger partial charge in [0, 0.05) is 23.2 Å². The van der Waals surface area contributed by atoms with Gasteiger partial charge in [0.25, 0.3) is 5.91 Å². The molecule has 0 fully saturated rings. The summed E-state index contributed by atoms with van der Waals surface area (Å²) >= 11 is 5.91. The van der Waals surface area contributed by atoms with Crippen LogP contribution in [0.5, 0.6) is 11.5 Å². The number of methoxy groups -OCH3 is 2. The third-order valence-electron chi connectivity index (χ3n) is 5.05. The van der Waals surface area contributed by atoms with Gasteiger partial charge in [-0.1, -0.05) is 41.9 Å². The van der Waals surface area contributed by atoms with Crippen LogP contribution in [0, 0.1) is 5.82 Å². The second-order valence-electron chi connectivity index (χ2n) is 7.39. The highest BCUT2D eigenvalue weighted by atomic mass is 35.5. The molecule has 1 N–H and O–H groups in total. The number of hydrogen-bond acceptors (Lipinski definition) is 5. The van der Waals surface area contributed by atoms with Crippen LogP contribution >= 0.6 is 11.6 Å². The largest absolute Gasteiger partial charge is 0.493 e.